The van der Waals surface area contributed by atoms with E-state index in [9.17, 15) is 4.79 Å². The van der Waals surface area contributed by atoms with Gasteiger partial charge in [0.25, 0.3) is 0 Å². The van der Waals surface area contributed by atoms with Gasteiger partial charge < -0.3 is 0 Å². The molecule has 1 fully saturated rings. The minimum absolute atomic E-state index is 0.453. The normalized spacial score (nSPS) is 15.1. The molecule has 0 spiro atoms. The first-order valence-corrected chi connectivity index (χ1v) is 4.52. The van der Waals surface area contributed by atoms with Gasteiger partial charge in [0, 0.05) is 0 Å². The van der Waals surface area contributed by atoms with Crippen molar-refractivity contribution in [2.75, 3.05) is 0 Å². The Morgan fingerprint density at radius 3 is 2.54 bits per heavy atom. The highest BCUT2D eigenvalue weighted by molar-refractivity contribution is 5.34. The molecule has 0 amide bonds. The number of nitrogens with zero attached hydrogens (tertiary/aromatic N) is 1. The fourth-order valence-corrected chi connectivity index (χ4v) is 1.44. The van der Waals surface area contributed by atoms with E-state index in [0.29, 0.717) is 6.54 Å². The Morgan fingerprint density at radius 2 is 2.00 bits per heavy atom. The van der Waals surface area contributed by atoms with Crippen LogP contribution in [0.5, 0.6) is 0 Å². The van der Waals surface area contributed by atoms with Crippen LogP contribution in [0.3, 0.4) is 0 Å². The molecule has 1 aromatic carbocycles. The third-order valence-corrected chi connectivity index (χ3v) is 2.35. The Balaban J connectivity index is 2.08. The first-order chi connectivity index (χ1) is 6.40. The van der Waals surface area contributed by atoms with E-state index in [4.69, 9.17) is 0 Å². The van der Waals surface area contributed by atoms with E-state index in [0.717, 1.165) is 11.5 Å². The molecule has 0 aliphatic heterocycles. The van der Waals surface area contributed by atoms with Crippen molar-refractivity contribution in [3.05, 3.63) is 35.4 Å². The van der Waals surface area contributed by atoms with Crippen LogP contribution in [0.1, 0.15) is 29.9 Å². The molecule has 0 bridgehead atoms. The third kappa shape index (κ3) is 2.04. The maximum absolute atomic E-state index is 9.87. The van der Waals surface area contributed by atoms with Gasteiger partial charge in [-0.1, -0.05) is 24.3 Å². The summed E-state index contributed by atoms with van der Waals surface area (Å²) in [7, 11) is 0. The van der Waals surface area contributed by atoms with Gasteiger partial charge in [-0.15, -0.1) is 0 Å². The molecular weight excluding hydrogens is 162 g/mol. The topological polar surface area (TPSA) is 29.4 Å². The molecule has 0 heterocycles. The lowest BCUT2D eigenvalue weighted by atomic mass is 10.1. The van der Waals surface area contributed by atoms with Gasteiger partial charge in [-0.25, -0.2) is 9.79 Å². The summed E-state index contributed by atoms with van der Waals surface area (Å²) in [6, 6.07) is 8.34. The van der Waals surface area contributed by atoms with Crippen molar-refractivity contribution in [3.63, 3.8) is 0 Å². The lowest BCUT2D eigenvalue weighted by Gasteiger charge is -1.98. The second-order valence-electron chi connectivity index (χ2n) is 3.42. The number of aliphatic imine (C=N–C) groups is 1. The first kappa shape index (κ1) is 8.21. The van der Waals surface area contributed by atoms with Gasteiger partial charge in [-0.05, 0) is 29.9 Å². The molecule has 1 aromatic rings. The molecule has 0 N–H and O–H groups in total. The summed E-state index contributed by atoms with van der Waals surface area (Å²) in [4.78, 5) is 13.4. The molecule has 0 aromatic heterocycles. The molecule has 1 aliphatic rings. The summed E-state index contributed by atoms with van der Waals surface area (Å²) in [6.07, 6.45) is 4.19. The lowest BCUT2D eigenvalue weighted by molar-refractivity contribution is 0.563. The van der Waals surface area contributed by atoms with Crippen molar-refractivity contribution < 1.29 is 4.79 Å². The van der Waals surface area contributed by atoms with Crippen LogP contribution in [0.4, 0.5) is 0 Å². The van der Waals surface area contributed by atoms with E-state index in [1.807, 2.05) is 12.1 Å². The number of isocyanates is 1. The molecule has 0 saturated heterocycles. The second-order valence-corrected chi connectivity index (χ2v) is 3.42. The molecule has 0 radical (unpaired) electrons. The van der Waals surface area contributed by atoms with Crippen LogP contribution in [0.15, 0.2) is 29.3 Å². The van der Waals surface area contributed by atoms with E-state index in [1.165, 1.54) is 18.4 Å². The first-order valence-electron chi connectivity index (χ1n) is 4.52. The highest BCUT2D eigenvalue weighted by Gasteiger charge is 2.22. The molecule has 0 atom stereocenters. The van der Waals surface area contributed by atoms with Gasteiger partial charge in [0.15, 0.2) is 0 Å². The maximum atomic E-state index is 9.87. The molecule has 0 unspecified atom stereocenters. The molecule has 1 saturated carbocycles. The fourth-order valence-electron chi connectivity index (χ4n) is 1.44. The second kappa shape index (κ2) is 3.55. The monoisotopic (exact) mass is 173 g/mol. The zero-order valence-electron chi connectivity index (χ0n) is 7.36. The van der Waals surface area contributed by atoms with Crippen molar-refractivity contribution in [2.24, 2.45) is 4.99 Å². The van der Waals surface area contributed by atoms with E-state index >= 15 is 0 Å². The third-order valence-electron chi connectivity index (χ3n) is 2.35. The Hall–Kier alpha value is -1.40. The van der Waals surface area contributed by atoms with E-state index in [2.05, 4.69) is 17.1 Å². The zero-order chi connectivity index (χ0) is 9.10. The van der Waals surface area contributed by atoms with Gasteiger partial charge in [-0.2, -0.15) is 0 Å². The van der Waals surface area contributed by atoms with Gasteiger partial charge in [0.2, 0.25) is 6.08 Å². The molecule has 1 aliphatic carbocycles. The summed E-state index contributed by atoms with van der Waals surface area (Å²) >= 11 is 0. The van der Waals surface area contributed by atoms with Gasteiger partial charge in [-0.3, -0.25) is 0 Å². The largest absolute Gasteiger partial charge is 0.235 e. The van der Waals surface area contributed by atoms with E-state index < -0.39 is 0 Å². The molecule has 2 nitrogen and oxygen atoms in total. The van der Waals surface area contributed by atoms with Crippen LogP contribution < -0.4 is 0 Å². The summed E-state index contributed by atoms with van der Waals surface area (Å²) in [6.45, 7) is 0.453. The number of hydrogen-bond donors (Lipinski definition) is 0. The van der Waals surface area contributed by atoms with Crippen LogP contribution in [0, 0.1) is 0 Å². The van der Waals surface area contributed by atoms with E-state index in [1.54, 1.807) is 6.08 Å². The van der Waals surface area contributed by atoms with Crippen LogP contribution >= 0.6 is 0 Å². The molecule has 13 heavy (non-hydrogen) atoms. The van der Waals surface area contributed by atoms with Crippen LogP contribution in [0.25, 0.3) is 0 Å². The number of hydrogen-bond acceptors (Lipinski definition) is 2. The fraction of sp³-hybridized carbons (Fsp3) is 0.364. The number of carbonyl (C=O) groups excluding carboxylic acids is 1. The summed E-state index contributed by atoms with van der Waals surface area (Å²) in [5.74, 6) is 0.795. The maximum Gasteiger partial charge on any atom is 0.235 e. The highest BCUT2D eigenvalue weighted by atomic mass is 16.1. The molecule has 2 heteroatoms. The molecule has 66 valence electrons. The lowest BCUT2D eigenvalue weighted by Crippen LogP contribution is -1.83. The average molecular weight is 173 g/mol. The van der Waals surface area contributed by atoms with Crippen LogP contribution in [-0.4, -0.2) is 6.08 Å². The van der Waals surface area contributed by atoms with Gasteiger partial charge in [0.1, 0.15) is 0 Å². The van der Waals surface area contributed by atoms with E-state index in [-0.39, 0.29) is 0 Å². The quantitative estimate of drug-likeness (QED) is 0.509. The zero-order valence-corrected chi connectivity index (χ0v) is 7.36. The predicted octanol–water partition coefficient (Wildman–Crippen LogP) is 2.40. The van der Waals surface area contributed by atoms with Crippen molar-refractivity contribution in [1.29, 1.82) is 0 Å². The van der Waals surface area contributed by atoms with Crippen molar-refractivity contribution >= 4 is 6.08 Å². The smallest absolute Gasteiger partial charge is 0.211 e. The minimum Gasteiger partial charge on any atom is -0.211 e. The highest BCUT2D eigenvalue weighted by Crippen LogP contribution is 2.39. The SMILES string of the molecule is O=C=NCc1ccc(C2CC2)cc1. The number of benzene rings is 1. The molecule has 2 rings (SSSR count). The van der Waals surface area contributed by atoms with Crippen molar-refractivity contribution in [1.82, 2.24) is 0 Å². The Morgan fingerprint density at radius 1 is 1.31 bits per heavy atom. The number of rotatable bonds is 3. The Labute approximate surface area is 77.3 Å². The molecular formula is C11H11NO. The Kier molecular flexibility index (Phi) is 2.24. The summed E-state index contributed by atoms with van der Waals surface area (Å²) in [5.41, 5.74) is 2.49. The standard InChI is InChI=1S/C11H11NO/c13-8-12-7-9-1-3-10(4-2-9)11-5-6-11/h1-4,11H,5-7H2. The van der Waals surface area contributed by atoms with Crippen LogP contribution in [0.2, 0.25) is 0 Å². The van der Waals surface area contributed by atoms with Crippen LogP contribution in [-0.2, 0) is 11.3 Å². The van der Waals surface area contributed by atoms with Crippen molar-refractivity contribution in [2.45, 2.75) is 25.3 Å². The Bertz CT molecular complexity index is 332. The predicted molar refractivity (Wildman–Crippen MR) is 50.2 cm³/mol. The average Bonchev–Trinajstić information content (AvgIpc) is 2.99. The summed E-state index contributed by atoms with van der Waals surface area (Å²) in [5, 5.41) is 0. The van der Waals surface area contributed by atoms with Gasteiger partial charge >= 0.3 is 0 Å². The summed E-state index contributed by atoms with van der Waals surface area (Å²) < 4.78 is 0. The van der Waals surface area contributed by atoms with Crippen molar-refractivity contribution in [3.8, 4) is 0 Å². The van der Waals surface area contributed by atoms with Gasteiger partial charge in [0.05, 0.1) is 6.54 Å². The minimum atomic E-state index is 0.453.